The van der Waals surface area contributed by atoms with Gasteiger partial charge in [-0.2, -0.15) is 0 Å². The molecule has 0 radical (unpaired) electrons. The molecule has 0 unspecified atom stereocenters. The third-order valence-electron chi connectivity index (χ3n) is 5.18. The van der Waals surface area contributed by atoms with Crippen LogP contribution in [0.3, 0.4) is 0 Å². The number of urea groups is 1. The molecule has 4 amide bonds. The van der Waals surface area contributed by atoms with Crippen LogP contribution >= 0.6 is 0 Å². The Hall–Kier alpha value is -3.88. The van der Waals surface area contributed by atoms with Crippen LogP contribution in [0.2, 0.25) is 0 Å². The highest BCUT2D eigenvalue weighted by atomic mass is 16.6. The third-order valence-corrected chi connectivity index (χ3v) is 5.18. The number of carbonyl (C=O) groups excluding carboxylic acids is 4. The van der Waals surface area contributed by atoms with Crippen molar-refractivity contribution in [2.75, 3.05) is 19.1 Å². The zero-order valence-corrected chi connectivity index (χ0v) is 16.4. The van der Waals surface area contributed by atoms with E-state index < -0.39 is 35.8 Å². The molecule has 0 aliphatic carbocycles. The maximum absolute atomic E-state index is 13.3. The number of hydrogen-bond acceptors (Lipinski definition) is 7. The molecule has 4 rings (SSSR count). The van der Waals surface area contributed by atoms with Crippen LogP contribution in [0.4, 0.5) is 10.5 Å². The molecular formula is C21H18N2O7. The van der Waals surface area contributed by atoms with E-state index in [1.165, 1.54) is 14.2 Å². The van der Waals surface area contributed by atoms with E-state index in [2.05, 4.69) is 5.32 Å². The minimum absolute atomic E-state index is 0.0850. The van der Waals surface area contributed by atoms with Gasteiger partial charge in [0, 0.05) is 5.56 Å². The number of nitrogens with one attached hydrogen (secondary N) is 1. The Kier molecular flexibility index (Phi) is 4.65. The van der Waals surface area contributed by atoms with Crippen LogP contribution < -0.4 is 19.7 Å². The second-order valence-electron chi connectivity index (χ2n) is 6.82. The summed E-state index contributed by atoms with van der Waals surface area (Å²) in [4.78, 5) is 51.8. The summed E-state index contributed by atoms with van der Waals surface area (Å²) in [5.41, 5.74) is 1.41. The molecule has 2 aliphatic heterocycles. The number of methoxy groups -OCH3 is 2. The monoisotopic (exact) mass is 410 g/mol. The standard InChI is InChI=1S/C21H18N2O7/c1-10-6-4-5-7-12(10)23-19(25)15(18(24)22-21(23)27)16-11-8-9-13(28-2)17(29-3)14(11)20(26)30-16/h4-9,15-16H,1-3H3,(H,22,24,27)/t15-,16-/m0/s1. The number of aryl methyl sites for hydroxylation is 1. The molecule has 0 aromatic heterocycles. The van der Waals surface area contributed by atoms with Gasteiger partial charge in [0.15, 0.2) is 17.4 Å². The Morgan fingerprint density at radius 3 is 2.40 bits per heavy atom. The number of carbonyl (C=O) groups is 4. The summed E-state index contributed by atoms with van der Waals surface area (Å²) in [5, 5.41) is 2.19. The summed E-state index contributed by atoms with van der Waals surface area (Å²) < 4.78 is 15.9. The van der Waals surface area contributed by atoms with Crippen molar-refractivity contribution in [1.29, 1.82) is 0 Å². The zero-order valence-electron chi connectivity index (χ0n) is 16.4. The molecule has 1 fully saturated rings. The quantitative estimate of drug-likeness (QED) is 0.607. The molecular weight excluding hydrogens is 392 g/mol. The molecule has 9 heteroatoms. The fraction of sp³-hybridized carbons (Fsp3) is 0.238. The van der Waals surface area contributed by atoms with Crippen molar-refractivity contribution < 1.29 is 33.4 Å². The highest BCUT2D eigenvalue weighted by Crippen LogP contribution is 2.45. The molecule has 0 spiro atoms. The predicted octanol–water partition coefficient (Wildman–Crippen LogP) is 2.12. The maximum atomic E-state index is 13.3. The van der Waals surface area contributed by atoms with E-state index in [1.54, 1.807) is 43.3 Å². The van der Waals surface area contributed by atoms with Gasteiger partial charge >= 0.3 is 12.0 Å². The van der Waals surface area contributed by atoms with Gasteiger partial charge in [0.25, 0.3) is 5.91 Å². The molecule has 0 saturated carbocycles. The van der Waals surface area contributed by atoms with Gasteiger partial charge in [-0.1, -0.05) is 24.3 Å². The summed E-state index contributed by atoms with van der Waals surface area (Å²) in [6.07, 6.45) is -1.21. The Morgan fingerprint density at radius 2 is 1.73 bits per heavy atom. The third kappa shape index (κ3) is 2.78. The zero-order chi connectivity index (χ0) is 21.6. The summed E-state index contributed by atoms with van der Waals surface area (Å²) in [5.74, 6) is -3.34. The molecule has 2 atom stereocenters. The van der Waals surface area contributed by atoms with Crippen LogP contribution in [0.1, 0.15) is 27.6 Å². The molecule has 2 aromatic carbocycles. The Bertz CT molecular complexity index is 1090. The Labute approximate surface area is 171 Å². The van der Waals surface area contributed by atoms with Crippen LogP contribution in [0, 0.1) is 12.8 Å². The minimum atomic E-state index is -1.44. The fourth-order valence-corrected chi connectivity index (χ4v) is 3.77. The fourth-order valence-electron chi connectivity index (χ4n) is 3.77. The van der Waals surface area contributed by atoms with Crippen molar-refractivity contribution in [2.45, 2.75) is 13.0 Å². The van der Waals surface area contributed by atoms with Gasteiger partial charge < -0.3 is 14.2 Å². The summed E-state index contributed by atoms with van der Waals surface area (Å²) in [6.45, 7) is 1.74. The van der Waals surface area contributed by atoms with Gasteiger partial charge in [0.05, 0.1) is 19.9 Å². The lowest BCUT2D eigenvalue weighted by atomic mass is 9.90. The number of barbiturate groups is 1. The molecule has 2 aliphatic rings. The topological polar surface area (TPSA) is 111 Å². The number of amides is 4. The maximum Gasteiger partial charge on any atom is 0.343 e. The number of nitrogens with zero attached hydrogens (tertiary/aromatic N) is 1. The Balaban J connectivity index is 1.79. The van der Waals surface area contributed by atoms with Crippen molar-refractivity contribution in [3.63, 3.8) is 0 Å². The number of para-hydroxylation sites is 1. The highest BCUT2D eigenvalue weighted by molar-refractivity contribution is 6.28. The molecule has 1 saturated heterocycles. The number of fused-ring (bicyclic) bond motifs is 1. The largest absolute Gasteiger partial charge is 0.493 e. The van der Waals surface area contributed by atoms with Crippen LogP contribution in [-0.4, -0.2) is 38.0 Å². The normalized spacial score (nSPS) is 20.6. The van der Waals surface area contributed by atoms with Gasteiger partial charge in [-0.25, -0.2) is 14.5 Å². The van der Waals surface area contributed by atoms with Crippen LogP contribution in [-0.2, 0) is 14.3 Å². The lowest BCUT2D eigenvalue weighted by molar-refractivity contribution is -0.139. The number of hydrogen-bond donors (Lipinski definition) is 1. The first-order valence-corrected chi connectivity index (χ1v) is 9.09. The van der Waals surface area contributed by atoms with Gasteiger partial charge in [0.1, 0.15) is 11.7 Å². The van der Waals surface area contributed by atoms with E-state index in [4.69, 9.17) is 14.2 Å². The number of esters is 1. The van der Waals surface area contributed by atoms with E-state index in [9.17, 15) is 19.2 Å². The van der Waals surface area contributed by atoms with E-state index in [0.29, 0.717) is 22.6 Å². The van der Waals surface area contributed by atoms with Crippen LogP contribution in [0.25, 0.3) is 0 Å². The lowest BCUT2D eigenvalue weighted by Gasteiger charge is -2.33. The average molecular weight is 410 g/mol. The average Bonchev–Trinajstić information content (AvgIpc) is 3.04. The molecule has 154 valence electrons. The second-order valence-corrected chi connectivity index (χ2v) is 6.82. The summed E-state index contributed by atoms with van der Waals surface area (Å²) >= 11 is 0. The summed E-state index contributed by atoms with van der Waals surface area (Å²) in [6, 6.07) is 9.03. The van der Waals surface area contributed by atoms with Crippen molar-refractivity contribution in [2.24, 2.45) is 5.92 Å². The lowest BCUT2D eigenvalue weighted by Crippen LogP contribution is -2.59. The van der Waals surface area contributed by atoms with Crippen LogP contribution in [0.15, 0.2) is 36.4 Å². The molecule has 30 heavy (non-hydrogen) atoms. The molecule has 0 bridgehead atoms. The van der Waals surface area contributed by atoms with Crippen LogP contribution in [0.5, 0.6) is 11.5 Å². The number of ether oxygens (including phenoxy) is 3. The van der Waals surface area contributed by atoms with Gasteiger partial charge in [-0.15, -0.1) is 0 Å². The van der Waals surface area contributed by atoms with E-state index in [0.717, 1.165) is 4.90 Å². The minimum Gasteiger partial charge on any atom is -0.493 e. The number of anilines is 1. The molecule has 1 N–H and O–H groups in total. The first-order chi connectivity index (χ1) is 14.4. The first-order valence-electron chi connectivity index (χ1n) is 9.09. The van der Waals surface area contributed by atoms with Gasteiger partial charge in [0.2, 0.25) is 5.91 Å². The number of imide groups is 2. The van der Waals surface area contributed by atoms with Gasteiger partial charge in [-0.3, -0.25) is 14.9 Å². The number of benzene rings is 2. The highest BCUT2D eigenvalue weighted by Gasteiger charge is 2.51. The van der Waals surface area contributed by atoms with E-state index in [1.807, 2.05) is 0 Å². The first kappa shape index (κ1) is 19.4. The van der Waals surface area contributed by atoms with Gasteiger partial charge in [-0.05, 0) is 24.6 Å². The predicted molar refractivity (Wildman–Crippen MR) is 103 cm³/mol. The molecule has 2 heterocycles. The van der Waals surface area contributed by atoms with Crippen molar-refractivity contribution in [3.05, 3.63) is 53.1 Å². The molecule has 9 nitrogen and oxygen atoms in total. The van der Waals surface area contributed by atoms with Crippen molar-refractivity contribution >= 4 is 29.5 Å². The smallest absolute Gasteiger partial charge is 0.343 e. The van der Waals surface area contributed by atoms with E-state index in [-0.39, 0.29) is 11.3 Å². The van der Waals surface area contributed by atoms with Crippen molar-refractivity contribution in [3.8, 4) is 11.5 Å². The van der Waals surface area contributed by atoms with E-state index >= 15 is 0 Å². The SMILES string of the molecule is COc1ccc2c(c1OC)C(=O)O[C@@H]2[C@H]1C(=O)NC(=O)N(c2ccccc2C)C1=O. The molecule has 2 aromatic rings. The number of cyclic esters (lactones) is 1. The Morgan fingerprint density at radius 1 is 1.00 bits per heavy atom. The second kappa shape index (κ2) is 7.18. The number of rotatable bonds is 4. The summed E-state index contributed by atoms with van der Waals surface area (Å²) in [7, 11) is 2.79. The van der Waals surface area contributed by atoms with Crippen molar-refractivity contribution in [1.82, 2.24) is 5.32 Å².